The molecule has 9 heteroatoms. The number of hydrogen-bond acceptors (Lipinski definition) is 7. The van der Waals surface area contributed by atoms with Crippen molar-refractivity contribution in [2.75, 3.05) is 37.8 Å². The fourth-order valence-corrected chi connectivity index (χ4v) is 7.44. The Morgan fingerprint density at radius 3 is 2.82 bits per heavy atom. The van der Waals surface area contributed by atoms with E-state index in [4.69, 9.17) is 4.74 Å². The lowest BCUT2D eigenvalue weighted by molar-refractivity contribution is -0.112. The van der Waals surface area contributed by atoms with Crippen LogP contribution in [0.1, 0.15) is 47.6 Å². The van der Waals surface area contributed by atoms with E-state index in [1.165, 1.54) is 31.4 Å². The first-order valence-corrected chi connectivity index (χ1v) is 14.6. The number of aromatic nitrogens is 1. The molecular formula is C24H34N4O3S2. The van der Waals surface area contributed by atoms with E-state index in [0.717, 1.165) is 51.2 Å². The number of ether oxygens (including phenoxy) is 1. The number of aryl methyl sites for hydroxylation is 1. The molecule has 2 aromatic heterocycles. The molecule has 5 rings (SSSR count). The van der Waals surface area contributed by atoms with Crippen LogP contribution in [-0.2, 0) is 39.7 Å². The molecule has 1 N–H and O–H groups in total. The Morgan fingerprint density at radius 1 is 1.33 bits per heavy atom. The Balaban J connectivity index is 1.18. The van der Waals surface area contributed by atoms with Crippen LogP contribution in [0.2, 0.25) is 0 Å². The summed E-state index contributed by atoms with van der Waals surface area (Å²) < 4.78 is 31.0. The van der Waals surface area contributed by atoms with Crippen molar-refractivity contribution in [2.45, 2.75) is 63.8 Å². The highest BCUT2D eigenvalue weighted by atomic mass is 32.2. The fourth-order valence-electron chi connectivity index (χ4n) is 5.36. The van der Waals surface area contributed by atoms with E-state index in [-0.39, 0.29) is 11.6 Å². The first kappa shape index (κ1) is 23.2. The molecule has 5 heterocycles. The minimum Gasteiger partial charge on any atom is -0.370 e. The highest BCUT2D eigenvalue weighted by Crippen LogP contribution is 2.46. The van der Waals surface area contributed by atoms with Crippen LogP contribution in [0.25, 0.3) is 0 Å². The topological polar surface area (TPSA) is 74.8 Å². The maximum Gasteiger partial charge on any atom is 0.211 e. The number of nitrogens with zero attached hydrogens (tertiary/aromatic N) is 3. The molecule has 0 bridgehead atoms. The molecule has 1 spiro atoms. The number of anilines is 1. The molecule has 0 saturated carbocycles. The smallest absolute Gasteiger partial charge is 0.211 e. The normalized spacial score (nSPS) is 26.8. The van der Waals surface area contributed by atoms with E-state index in [1.807, 2.05) is 23.6 Å². The minimum atomic E-state index is -3.09. The quantitative estimate of drug-likeness (QED) is 0.670. The minimum absolute atomic E-state index is 0.109. The van der Waals surface area contributed by atoms with Crippen LogP contribution in [0.3, 0.4) is 0 Å². The summed E-state index contributed by atoms with van der Waals surface area (Å²) in [5.41, 5.74) is 2.55. The zero-order chi connectivity index (χ0) is 23.2. The third-order valence-corrected chi connectivity index (χ3v) is 9.91. The molecule has 0 radical (unpaired) electrons. The summed E-state index contributed by atoms with van der Waals surface area (Å²) in [5, 5.41) is 3.33. The van der Waals surface area contributed by atoms with E-state index in [0.29, 0.717) is 19.1 Å². The molecule has 180 valence electrons. The van der Waals surface area contributed by atoms with Gasteiger partial charge in [0.2, 0.25) is 10.0 Å². The van der Waals surface area contributed by atoms with Crippen LogP contribution in [-0.4, -0.2) is 67.2 Å². The van der Waals surface area contributed by atoms with Gasteiger partial charge in [0, 0.05) is 54.6 Å². The Bertz CT molecular complexity index is 1100. The summed E-state index contributed by atoms with van der Waals surface area (Å²) in [4.78, 5) is 10.1. The van der Waals surface area contributed by atoms with E-state index in [9.17, 15) is 8.42 Å². The number of hydrogen-bond donors (Lipinski definition) is 1. The Morgan fingerprint density at radius 2 is 2.15 bits per heavy atom. The van der Waals surface area contributed by atoms with Gasteiger partial charge in [-0.1, -0.05) is 13.0 Å². The number of fused-ring (bicyclic) bond motifs is 2. The van der Waals surface area contributed by atoms with Gasteiger partial charge in [0.05, 0.1) is 24.5 Å². The second kappa shape index (κ2) is 8.92. The first-order valence-electron chi connectivity index (χ1n) is 11.9. The monoisotopic (exact) mass is 490 g/mol. The molecule has 0 aromatic carbocycles. The van der Waals surface area contributed by atoms with Gasteiger partial charge >= 0.3 is 0 Å². The molecule has 0 aliphatic carbocycles. The summed E-state index contributed by atoms with van der Waals surface area (Å²) in [6, 6.07) is 7.10. The Labute approximate surface area is 201 Å². The molecule has 2 saturated heterocycles. The van der Waals surface area contributed by atoms with Gasteiger partial charge in [0.25, 0.3) is 0 Å². The van der Waals surface area contributed by atoms with Crippen LogP contribution in [0.4, 0.5) is 5.82 Å². The Kier molecular flexibility index (Phi) is 6.28. The predicted molar refractivity (Wildman–Crippen MR) is 132 cm³/mol. The van der Waals surface area contributed by atoms with Gasteiger partial charge in [-0.15, -0.1) is 11.3 Å². The Hall–Kier alpha value is -1.52. The van der Waals surface area contributed by atoms with Crippen molar-refractivity contribution in [3.63, 3.8) is 0 Å². The lowest BCUT2D eigenvalue weighted by Gasteiger charge is -2.47. The lowest BCUT2D eigenvalue weighted by atomic mass is 9.79. The number of nitrogens with one attached hydrogen (secondary N) is 1. The largest absolute Gasteiger partial charge is 0.370 e. The van der Waals surface area contributed by atoms with Gasteiger partial charge in [-0.25, -0.2) is 13.4 Å². The van der Waals surface area contributed by atoms with Crippen molar-refractivity contribution in [1.29, 1.82) is 0 Å². The van der Waals surface area contributed by atoms with E-state index in [1.54, 1.807) is 0 Å². The molecule has 0 amide bonds. The summed E-state index contributed by atoms with van der Waals surface area (Å²) in [6.07, 6.45) is 7.42. The number of pyridine rings is 1. The van der Waals surface area contributed by atoms with Crippen LogP contribution in [0, 0.1) is 0 Å². The molecular weight excluding hydrogens is 456 g/mol. The van der Waals surface area contributed by atoms with Crippen molar-refractivity contribution < 1.29 is 13.2 Å². The van der Waals surface area contributed by atoms with Crippen molar-refractivity contribution in [3.8, 4) is 0 Å². The van der Waals surface area contributed by atoms with Crippen molar-refractivity contribution in [1.82, 2.24) is 14.2 Å². The predicted octanol–water partition coefficient (Wildman–Crippen LogP) is 3.21. The van der Waals surface area contributed by atoms with Gasteiger partial charge in [-0.2, -0.15) is 4.31 Å². The molecule has 3 aliphatic rings. The second-order valence-corrected chi connectivity index (χ2v) is 12.9. The van der Waals surface area contributed by atoms with Gasteiger partial charge in [0.15, 0.2) is 0 Å². The first-order chi connectivity index (χ1) is 15.8. The number of sulfonamides is 1. The third kappa shape index (κ3) is 4.71. The highest BCUT2D eigenvalue weighted by Gasteiger charge is 2.44. The lowest BCUT2D eigenvalue weighted by Crippen LogP contribution is -2.56. The maximum absolute atomic E-state index is 11.5. The van der Waals surface area contributed by atoms with Gasteiger partial charge in [-0.05, 0) is 49.4 Å². The van der Waals surface area contributed by atoms with Crippen molar-refractivity contribution >= 4 is 27.2 Å². The third-order valence-electron chi connectivity index (χ3n) is 7.34. The maximum atomic E-state index is 11.5. The number of thiophene rings is 1. The number of likely N-dealkylation sites (tertiary alicyclic amines) is 1. The van der Waals surface area contributed by atoms with Crippen LogP contribution < -0.4 is 5.32 Å². The zero-order valence-corrected chi connectivity index (χ0v) is 21.3. The molecule has 1 unspecified atom stereocenters. The summed E-state index contributed by atoms with van der Waals surface area (Å²) >= 11 is 1.98. The van der Waals surface area contributed by atoms with Crippen LogP contribution in [0.15, 0.2) is 24.4 Å². The standard InChI is InChI=1S/C24H34N4O3S2/c1-4-20-11-21-22(32-20)7-10-31-24(21)8-9-27(17(2)12-24)14-18-5-6-23(25-13-18)26-19-15-28(16-19)33(3,29)30/h5-6,11,13,17,19H,4,7-10,12,14-16H2,1-3H3,(H,25,26)/t17-,24?/m0/s1. The average Bonchev–Trinajstić information content (AvgIpc) is 3.18. The fraction of sp³-hybridized carbons (Fsp3) is 0.625. The van der Waals surface area contributed by atoms with Crippen molar-refractivity contribution in [2.24, 2.45) is 0 Å². The average molecular weight is 491 g/mol. The van der Waals surface area contributed by atoms with Gasteiger partial charge in [-0.3, -0.25) is 4.90 Å². The summed E-state index contributed by atoms with van der Waals surface area (Å²) in [5.74, 6) is 0.801. The van der Waals surface area contributed by atoms with E-state index >= 15 is 0 Å². The molecule has 2 aromatic rings. The molecule has 2 fully saturated rings. The molecule has 3 aliphatic heterocycles. The zero-order valence-electron chi connectivity index (χ0n) is 19.7. The second-order valence-electron chi connectivity index (χ2n) is 9.74. The number of rotatable bonds is 6. The van der Waals surface area contributed by atoms with E-state index < -0.39 is 10.0 Å². The van der Waals surface area contributed by atoms with Crippen molar-refractivity contribution in [3.05, 3.63) is 45.3 Å². The van der Waals surface area contributed by atoms with Gasteiger partial charge in [0.1, 0.15) is 5.82 Å². The molecule has 33 heavy (non-hydrogen) atoms. The highest BCUT2D eigenvalue weighted by molar-refractivity contribution is 7.88. The molecule has 7 nitrogen and oxygen atoms in total. The summed E-state index contributed by atoms with van der Waals surface area (Å²) in [7, 11) is -3.09. The van der Waals surface area contributed by atoms with E-state index in [2.05, 4.69) is 41.2 Å². The SMILES string of the molecule is CCc1cc2c(s1)CCOC21CCN(Cc2ccc(NC3CN(S(C)(=O)=O)C3)nc2)[C@@H](C)C1. The summed E-state index contributed by atoms with van der Waals surface area (Å²) in [6.45, 7) is 8.30. The number of piperidine rings is 1. The van der Waals surface area contributed by atoms with Gasteiger partial charge < -0.3 is 10.1 Å². The molecule has 2 atom stereocenters. The van der Waals surface area contributed by atoms with Crippen LogP contribution in [0.5, 0.6) is 0 Å². The van der Waals surface area contributed by atoms with Crippen LogP contribution >= 0.6 is 11.3 Å².